The van der Waals surface area contributed by atoms with Crippen LogP contribution in [-0.2, 0) is 10.7 Å². The molecule has 0 aliphatic heterocycles. The van der Waals surface area contributed by atoms with Crippen molar-refractivity contribution in [1.29, 1.82) is 21.0 Å². The number of nitriles is 4. The van der Waals surface area contributed by atoms with Gasteiger partial charge >= 0.3 is 0 Å². The van der Waals surface area contributed by atoms with Crippen molar-refractivity contribution in [3.63, 3.8) is 0 Å². The number of rotatable bonds is 2. The fourth-order valence-corrected chi connectivity index (χ4v) is 3.10. The molecule has 0 heterocycles. The second kappa shape index (κ2) is 13.5. The highest BCUT2D eigenvalue weighted by molar-refractivity contribution is 9.08. The van der Waals surface area contributed by atoms with Crippen LogP contribution in [0.3, 0.4) is 0 Å². The molecule has 2 rings (SSSR count). The molecule has 0 saturated carbocycles. The van der Waals surface area contributed by atoms with Gasteiger partial charge in [0.05, 0.1) is 46.5 Å². The van der Waals surface area contributed by atoms with Crippen molar-refractivity contribution in [2.75, 3.05) is 0 Å². The topological polar surface area (TPSA) is 95.2 Å². The fraction of sp³-hybridized carbons (Fsp3) is 0.273. The molecule has 0 amide bonds. The lowest BCUT2D eigenvalue weighted by Gasteiger charge is -2.04. The van der Waals surface area contributed by atoms with Gasteiger partial charge in [0.2, 0.25) is 0 Å². The standard InChI is InChI=1S/C10H6Br2N2.C10H8N2.2CH4/c11-3-7-1-9(5-13)8(4-12)2-10(7)6-14;1-7-3-10(6-12)8(2)4-9(7)5-11;;/h1-2H,3-4H2;3-4H,1-2H3;2*1H4. The summed E-state index contributed by atoms with van der Waals surface area (Å²) in [4.78, 5) is 0. The number of halogens is 2. The van der Waals surface area contributed by atoms with Crippen molar-refractivity contribution in [3.05, 3.63) is 68.8 Å². The molecule has 0 unspecified atom stereocenters. The Bertz CT molecular complexity index is 903. The van der Waals surface area contributed by atoms with Crippen LogP contribution in [0.1, 0.15) is 59.4 Å². The zero-order chi connectivity index (χ0) is 19.7. The molecule has 0 radical (unpaired) electrons. The minimum Gasteiger partial charge on any atom is -0.192 e. The molecule has 0 fully saturated rings. The van der Waals surface area contributed by atoms with E-state index >= 15 is 0 Å². The average molecular weight is 502 g/mol. The van der Waals surface area contributed by atoms with Crippen LogP contribution in [0.2, 0.25) is 0 Å². The van der Waals surface area contributed by atoms with Crippen LogP contribution >= 0.6 is 31.9 Å². The predicted molar refractivity (Wildman–Crippen MR) is 120 cm³/mol. The molecule has 0 spiro atoms. The Labute approximate surface area is 184 Å². The predicted octanol–water partition coefficient (Wildman–Crippen LogP) is 6.54. The number of alkyl halides is 2. The second-order valence-electron chi connectivity index (χ2n) is 5.36. The van der Waals surface area contributed by atoms with Gasteiger partial charge in [0, 0.05) is 10.7 Å². The molecule has 4 nitrogen and oxygen atoms in total. The second-order valence-corrected chi connectivity index (χ2v) is 6.48. The Kier molecular flexibility index (Phi) is 13.3. The Morgan fingerprint density at radius 2 is 0.893 bits per heavy atom. The first-order valence-electron chi connectivity index (χ1n) is 7.45. The monoisotopic (exact) mass is 500 g/mol. The van der Waals surface area contributed by atoms with Gasteiger partial charge in [-0.25, -0.2) is 0 Å². The van der Waals surface area contributed by atoms with Gasteiger partial charge < -0.3 is 0 Å². The van der Waals surface area contributed by atoms with Crippen LogP contribution in [0.15, 0.2) is 24.3 Å². The number of benzene rings is 2. The molecule has 0 saturated heterocycles. The molecule has 0 aromatic heterocycles. The lowest BCUT2D eigenvalue weighted by atomic mass is 10.0. The third-order valence-corrected chi connectivity index (χ3v) is 4.88. The summed E-state index contributed by atoms with van der Waals surface area (Å²) in [7, 11) is 0. The van der Waals surface area contributed by atoms with Crippen molar-refractivity contribution in [2.45, 2.75) is 39.4 Å². The van der Waals surface area contributed by atoms with E-state index in [9.17, 15) is 0 Å². The molecule has 0 N–H and O–H groups in total. The molecule has 0 aliphatic carbocycles. The molecule has 6 heteroatoms. The van der Waals surface area contributed by atoms with E-state index in [1.165, 1.54) is 0 Å². The summed E-state index contributed by atoms with van der Waals surface area (Å²) in [5.74, 6) is 0. The maximum absolute atomic E-state index is 8.86. The van der Waals surface area contributed by atoms with Gasteiger partial charge in [-0.15, -0.1) is 0 Å². The van der Waals surface area contributed by atoms with Gasteiger partial charge in [-0.3, -0.25) is 0 Å². The van der Waals surface area contributed by atoms with E-state index in [4.69, 9.17) is 21.0 Å². The Balaban J connectivity index is 0. The lowest BCUT2D eigenvalue weighted by Crippen LogP contribution is -1.93. The van der Waals surface area contributed by atoms with Crippen LogP contribution in [0.4, 0.5) is 0 Å². The van der Waals surface area contributed by atoms with Crippen molar-refractivity contribution in [1.82, 2.24) is 0 Å². The first kappa shape index (κ1) is 27.6. The Hall–Kier alpha value is -2.64. The zero-order valence-corrected chi connectivity index (χ0v) is 17.4. The van der Waals surface area contributed by atoms with Gasteiger partial charge in [0.15, 0.2) is 0 Å². The molecule has 0 atom stereocenters. The summed E-state index contributed by atoms with van der Waals surface area (Å²) < 4.78 is 0. The summed E-state index contributed by atoms with van der Waals surface area (Å²) in [5, 5.41) is 36.3. The van der Waals surface area contributed by atoms with E-state index in [2.05, 4.69) is 56.1 Å². The van der Waals surface area contributed by atoms with Crippen LogP contribution < -0.4 is 0 Å². The third kappa shape index (κ3) is 6.83. The van der Waals surface area contributed by atoms with Gasteiger partial charge in [0.1, 0.15) is 0 Å². The van der Waals surface area contributed by atoms with Gasteiger partial charge in [0.25, 0.3) is 0 Å². The van der Waals surface area contributed by atoms with Crippen molar-refractivity contribution >= 4 is 31.9 Å². The van der Waals surface area contributed by atoms with E-state index in [1.807, 2.05) is 13.8 Å². The SMILES string of the molecule is C.C.Cc1cc(C#N)c(C)cc1C#N.N#Cc1cc(CBr)c(C#N)cc1CBr. The first-order valence-corrected chi connectivity index (χ1v) is 9.69. The highest BCUT2D eigenvalue weighted by Crippen LogP contribution is 2.20. The zero-order valence-electron chi connectivity index (χ0n) is 14.3. The minimum absolute atomic E-state index is 0. The van der Waals surface area contributed by atoms with Crippen molar-refractivity contribution in [2.24, 2.45) is 0 Å². The van der Waals surface area contributed by atoms with Crippen molar-refractivity contribution < 1.29 is 0 Å². The summed E-state index contributed by atoms with van der Waals surface area (Å²) in [6, 6.07) is 15.4. The van der Waals surface area contributed by atoms with E-state index in [1.54, 1.807) is 24.3 Å². The van der Waals surface area contributed by atoms with Crippen LogP contribution in [-0.4, -0.2) is 0 Å². The number of hydrogen-bond acceptors (Lipinski definition) is 4. The average Bonchev–Trinajstić information content (AvgIpc) is 2.68. The van der Waals surface area contributed by atoms with Crippen molar-refractivity contribution in [3.8, 4) is 24.3 Å². The number of aryl methyl sites for hydroxylation is 2. The third-order valence-electron chi connectivity index (χ3n) is 3.67. The Morgan fingerprint density at radius 1 is 0.607 bits per heavy atom. The molecule has 28 heavy (non-hydrogen) atoms. The molecule has 0 aliphatic rings. The lowest BCUT2D eigenvalue weighted by molar-refractivity contribution is 1.29. The molecule has 2 aromatic carbocycles. The summed E-state index contributed by atoms with van der Waals surface area (Å²) in [6.07, 6.45) is 0. The molecular formula is C22H22Br2N4. The van der Waals surface area contributed by atoms with Crippen LogP contribution in [0.5, 0.6) is 0 Å². The molecular weight excluding hydrogens is 480 g/mol. The Morgan fingerprint density at radius 3 is 1.11 bits per heavy atom. The first-order chi connectivity index (χ1) is 12.4. The highest BCUT2D eigenvalue weighted by atomic mass is 79.9. The quantitative estimate of drug-likeness (QED) is 0.436. The van der Waals surface area contributed by atoms with E-state index < -0.39 is 0 Å². The number of hydrogen-bond donors (Lipinski definition) is 0. The highest BCUT2D eigenvalue weighted by Gasteiger charge is 2.07. The number of nitrogens with zero attached hydrogens (tertiary/aromatic N) is 4. The van der Waals surface area contributed by atoms with Crippen LogP contribution in [0.25, 0.3) is 0 Å². The van der Waals surface area contributed by atoms with Crippen LogP contribution in [0, 0.1) is 59.2 Å². The fourth-order valence-electron chi connectivity index (χ4n) is 2.18. The summed E-state index contributed by atoms with van der Waals surface area (Å²) in [5.41, 5.74) is 5.96. The van der Waals surface area contributed by atoms with Gasteiger partial charge in [-0.2, -0.15) is 21.0 Å². The van der Waals surface area contributed by atoms with Gasteiger partial charge in [-0.1, -0.05) is 46.7 Å². The van der Waals surface area contributed by atoms with Gasteiger partial charge in [-0.05, 0) is 60.4 Å². The smallest absolute Gasteiger partial charge is 0.0994 e. The minimum atomic E-state index is 0. The largest absolute Gasteiger partial charge is 0.192 e. The van der Waals surface area contributed by atoms with E-state index in [0.29, 0.717) is 32.9 Å². The maximum atomic E-state index is 8.86. The normalized spacial score (nSPS) is 8.29. The van der Waals surface area contributed by atoms with E-state index in [0.717, 1.165) is 22.3 Å². The van der Waals surface area contributed by atoms with E-state index in [-0.39, 0.29) is 14.9 Å². The molecule has 2 aromatic rings. The summed E-state index contributed by atoms with van der Waals surface area (Å²) >= 11 is 6.57. The maximum Gasteiger partial charge on any atom is 0.0994 e. The summed E-state index contributed by atoms with van der Waals surface area (Å²) in [6.45, 7) is 3.66. The molecule has 144 valence electrons. The molecule has 0 bridgehead atoms.